The number of methoxy groups -OCH3 is 1. The van der Waals surface area contributed by atoms with Crippen LogP contribution in [0.3, 0.4) is 0 Å². The van der Waals surface area contributed by atoms with Crippen molar-refractivity contribution in [3.8, 4) is 5.75 Å². The van der Waals surface area contributed by atoms with Crippen molar-refractivity contribution < 1.29 is 9.53 Å². The van der Waals surface area contributed by atoms with Gasteiger partial charge in [-0.2, -0.15) is 0 Å². The van der Waals surface area contributed by atoms with Gasteiger partial charge in [0.2, 0.25) is 0 Å². The van der Waals surface area contributed by atoms with E-state index in [0.717, 1.165) is 29.1 Å². The van der Waals surface area contributed by atoms with E-state index in [1.807, 2.05) is 13.2 Å². The molecule has 4 unspecified atom stereocenters. The summed E-state index contributed by atoms with van der Waals surface area (Å²) in [4.78, 5) is 12.2. The van der Waals surface area contributed by atoms with E-state index < -0.39 is 0 Å². The van der Waals surface area contributed by atoms with Crippen LogP contribution in [0.25, 0.3) is 11.1 Å². The molecule has 0 radical (unpaired) electrons. The minimum absolute atomic E-state index is 0.146. The summed E-state index contributed by atoms with van der Waals surface area (Å²) in [7, 11) is 1.81. The van der Waals surface area contributed by atoms with E-state index in [2.05, 4.69) is 51.1 Å². The first-order valence-electron chi connectivity index (χ1n) is 16.4. The van der Waals surface area contributed by atoms with E-state index in [-0.39, 0.29) is 5.78 Å². The monoisotopic (exact) mass is 538 g/mol. The molecule has 0 aliphatic heterocycles. The molecule has 4 aliphatic carbocycles. The highest BCUT2D eigenvalue weighted by Gasteiger charge is 2.58. The van der Waals surface area contributed by atoms with Gasteiger partial charge in [-0.15, -0.1) is 0 Å². The molecule has 0 heterocycles. The normalized spacial score (nSPS) is 30.3. The van der Waals surface area contributed by atoms with Gasteiger partial charge < -0.3 is 4.74 Å². The summed E-state index contributed by atoms with van der Waals surface area (Å²) in [6, 6.07) is 13.3. The molecule has 4 atom stereocenters. The molecule has 4 saturated carbocycles. The number of allylic oxidation sites excluding steroid dienone is 2. The molecular weight excluding hydrogens is 488 g/mol. The predicted octanol–water partition coefficient (Wildman–Crippen LogP) is 10.4. The fourth-order valence-electron chi connectivity index (χ4n) is 9.33. The number of hydrogen-bond donors (Lipinski definition) is 0. The molecule has 0 spiro atoms. The molecule has 0 amide bonds. The van der Waals surface area contributed by atoms with Crippen LogP contribution in [0.4, 0.5) is 0 Å². The Morgan fingerprint density at radius 1 is 0.925 bits per heavy atom. The number of ketones is 1. The van der Waals surface area contributed by atoms with Crippen LogP contribution in [-0.2, 0) is 0 Å². The minimum atomic E-state index is 0.146. The number of hydrogen-bond acceptors (Lipinski definition) is 2. The zero-order chi connectivity index (χ0) is 28.0. The van der Waals surface area contributed by atoms with E-state index in [4.69, 9.17) is 4.74 Å². The van der Waals surface area contributed by atoms with Crippen LogP contribution in [0.5, 0.6) is 5.75 Å². The molecule has 214 valence electrons. The Balaban J connectivity index is 1.42. The number of ether oxygens (including phenoxy) is 1. The molecule has 0 aromatic heterocycles. The average Bonchev–Trinajstić information content (AvgIpc) is 3.71. The third-order valence-corrected chi connectivity index (χ3v) is 11.9. The molecule has 4 fully saturated rings. The zero-order valence-corrected chi connectivity index (χ0v) is 25.7. The van der Waals surface area contributed by atoms with E-state index in [1.165, 1.54) is 110 Å². The van der Waals surface area contributed by atoms with Crippen LogP contribution in [0, 0.1) is 36.0 Å². The van der Waals surface area contributed by atoms with Crippen molar-refractivity contribution in [2.24, 2.45) is 29.1 Å². The number of carbonyl (C=O) groups is 1. The van der Waals surface area contributed by atoms with Crippen LogP contribution in [-0.4, -0.2) is 12.9 Å². The average molecular weight is 539 g/mol. The van der Waals surface area contributed by atoms with Gasteiger partial charge in [0, 0.05) is 5.56 Å². The number of carbonyl (C=O) groups excluding carboxylic acids is 1. The quantitative estimate of drug-likeness (QED) is 0.234. The lowest BCUT2D eigenvalue weighted by Gasteiger charge is -2.51. The molecule has 2 aromatic rings. The van der Waals surface area contributed by atoms with Crippen LogP contribution in [0.1, 0.15) is 136 Å². The fourth-order valence-corrected chi connectivity index (χ4v) is 9.33. The Morgan fingerprint density at radius 2 is 1.65 bits per heavy atom. The maximum absolute atomic E-state index is 12.2. The molecule has 40 heavy (non-hydrogen) atoms. The number of fused-ring (bicyclic) bond motifs is 2. The van der Waals surface area contributed by atoms with Gasteiger partial charge in [-0.1, -0.05) is 63.6 Å². The summed E-state index contributed by atoms with van der Waals surface area (Å²) in [5, 5.41) is 0. The van der Waals surface area contributed by atoms with Crippen molar-refractivity contribution in [1.29, 1.82) is 0 Å². The highest BCUT2D eigenvalue weighted by molar-refractivity contribution is 5.97. The maximum atomic E-state index is 12.2. The van der Waals surface area contributed by atoms with E-state index in [1.54, 1.807) is 6.92 Å². The van der Waals surface area contributed by atoms with Crippen molar-refractivity contribution >= 4 is 16.9 Å². The maximum Gasteiger partial charge on any atom is 0.159 e. The number of benzene rings is 2. The van der Waals surface area contributed by atoms with Gasteiger partial charge in [0.15, 0.2) is 5.78 Å². The molecule has 2 bridgehead atoms. The van der Waals surface area contributed by atoms with Crippen LogP contribution in [0.2, 0.25) is 0 Å². The summed E-state index contributed by atoms with van der Waals surface area (Å²) >= 11 is 0. The van der Waals surface area contributed by atoms with Gasteiger partial charge in [-0.05, 0) is 146 Å². The van der Waals surface area contributed by atoms with Gasteiger partial charge in [0.05, 0.1) is 7.11 Å². The van der Waals surface area contributed by atoms with Crippen molar-refractivity contribution in [2.75, 3.05) is 7.11 Å². The summed E-state index contributed by atoms with van der Waals surface area (Å²) in [6.45, 7) is 8.71. The first-order valence-corrected chi connectivity index (χ1v) is 16.4. The Kier molecular flexibility index (Phi) is 7.75. The van der Waals surface area contributed by atoms with E-state index in [9.17, 15) is 4.79 Å². The first-order chi connectivity index (χ1) is 19.3. The summed E-state index contributed by atoms with van der Waals surface area (Å²) in [5.74, 6) is 5.34. The Morgan fingerprint density at radius 3 is 2.27 bits per heavy atom. The molecule has 0 N–H and O–H groups in total. The largest absolute Gasteiger partial charge is 0.497 e. The van der Waals surface area contributed by atoms with Gasteiger partial charge in [0.1, 0.15) is 5.75 Å². The van der Waals surface area contributed by atoms with Crippen LogP contribution >= 0.6 is 0 Å². The summed E-state index contributed by atoms with van der Waals surface area (Å²) in [6.07, 6.45) is 16.5. The highest BCUT2D eigenvalue weighted by Crippen LogP contribution is 2.69. The third kappa shape index (κ3) is 4.99. The van der Waals surface area contributed by atoms with Gasteiger partial charge in [0.25, 0.3) is 0 Å². The molecule has 4 aliphatic rings. The number of aryl methyl sites for hydroxylation is 1. The van der Waals surface area contributed by atoms with Crippen LogP contribution < -0.4 is 4.74 Å². The lowest BCUT2D eigenvalue weighted by atomic mass is 9.54. The number of Topliss-reactive ketones (excluding diaryl/α,β-unsaturated/α-hetero) is 1. The molecular formula is C38H50O2. The predicted molar refractivity (Wildman–Crippen MR) is 167 cm³/mol. The van der Waals surface area contributed by atoms with Crippen molar-refractivity contribution in [3.63, 3.8) is 0 Å². The molecule has 2 nitrogen and oxygen atoms in total. The summed E-state index contributed by atoms with van der Waals surface area (Å²) in [5.41, 5.74) is 9.78. The topological polar surface area (TPSA) is 26.3 Å². The fraction of sp³-hybridized carbons (Fsp3) is 0.605. The smallest absolute Gasteiger partial charge is 0.159 e. The third-order valence-electron chi connectivity index (χ3n) is 11.9. The summed E-state index contributed by atoms with van der Waals surface area (Å²) < 4.78 is 5.81. The molecule has 2 aromatic carbocycles. The Hall–Kier alpha value is -2.35. The second-order valence-electron chi connectivity index (χ2n) is 13.9. The SMILES string of the molecule is CCC1(CC2C3CCCC2C3)CC1c1cc(OC)ccc1/C(C)=C(/c1ccc(C(C)=O)cc1C)C1CCCCC1. The lowest BCUT2D eigenvalue weighted by molar-refractivity contribution is -0.00741. The van der Waals surface area contributed by atoms with Crippen LogP contribution in [0.15, 0.2) is 36.4 Å². The van der Waals surface area contributed by atoms with Crippen molar-refractivity contribution in [1.82, 2.24) is 0 Å². The minimum Gasteiger partial charge on any atom is -0.497 e. The molecule has 0 saturated heterocycles. The lowest BCUT2D eigenvalue weighted by Crippen LogP contribution is -2.41. The second-order valence-corrected chi connectivity index (χ2v) is 13.9. The van der Waals surface area contributed by atoms with Gasteiger partial charge >= 0.3 is 0 Å². The number of rotatable bonds is 9. The Bertz CT molecular complexity index is 1280. The Labute approximate surface area is 243 Å². The van der Waals surface area contributed by atoms with E-state index >= 15 is 0 Å². The van der Waals surface area contributed by atoms with Gasteiger partial charge in [-0.3, -0.25) is 4.79 Å². The van der Waals surface area contributed by atoms with Crippen molar-refractivity contribution in [3.05, 3.63) is 64.2 Å². The molecule has 2 heteroatoms. The first kappa shape index (κ1) is 27.8. The molecule has 6 rings (SSSR count). The second kappa shape index (κ2) is 11.1. The standard InChI is InChI=1S/C38H50O2/c1-6-38(22-35-29-13-10-14-30(35)20-29)23-36(38)34-21-31(40-5)16-18-33(34)25(3)37(27-11-8-7-9-12-27)32-17-15-28(26(4)39)19-24(32)2/h15-19,21,27,29-30,35-36H,6-14,20,22-23H2,1-5H3/b37-25+. The van der Waals surface area contributed by atoms with Gasteiger partial charge in [-0.25, -0.2) is 0 Å². The van der Waals surface area contributed by atoms with Crippen molar-refractivity contribution in [2.45, 2.75) is 111 Å². The highest BCUT2D eigenvalue weighted by atomic mass is 16.5. The van der Waals surface area contributed by atoms with E-state index in [0.29, 0.717) is 17.3 Å². The zero-order valence-electron chi connectivity index (χ0n) is 25.7.